The van der Waals surface area contributed by atoms with E-state index >= 15 is 0 Å². The van der Waals surface area contributed by atoms with E-state index in [1.54, 1.807) is 0 Å². The van der Waals surface area contributed by atoms with Crippen molar-refractivity contribution in [3.8, 4) is 0 Å². The van der Waals surface area contributed by atoms with Crippen LogP contribution in [0.25, 0.3) is 0 Å². The minimum absolute atomic E-state index is 0.0956. The lowest BCUT2D eigenvalue weighted by molar-refractivity contribution is 0.115. The monoisotopic (exact) mass is 259 g/mol. The quantitative estimate of drug-likeness (QED) is 0.809. The van der Waals surface area contributed by atoms with Crippen molar-refractivity contribution in [2.75, 3.05) is 7.05 Å². The van der Waals surface area contributed by atoms with E-state index in [0.717, 1.165) is 5.56 Å². The number of hydrogen-bond acceptors (Lipinski definition) is 2. The zero-order chi connectivity index (χ0) is 13.2. The maximum absolute atomic E-state index is 11.9. The van der Waals surface area contributed by atoms with Crippen LogP contribution in [0.4, 0.5) is 4.79 Å². The van der Waals surface area contributed by atoms with Gasteiger partial charge in [0.2, 0.25) is 0 Å². The van der Waals surface area contributed by atoms with Crippen LogP contribution < -0.4 is 0 Å². The second kappa shape index (κ2) is 5.24. The Morgan fingerprint density at radius 2 is 1.79 bits per heavy atom. The molecule has 1 aliphatic carbocycles. The average Bonchev–Trinajstić information content (AvgIpc) is 2.77. The van der Waals surface area contributed by atoms with Crippen molar-refractivity contribution in [1.82, 2.24) is 4.90 Å². The number of hydrogen-bond donors (Lipinski definition) is 0. The van der Waals surface area contributed by atoms with E-state index in [2.05, 4.69) is 12.1 Å². The third-order valence-electron chi connectivity index (χ3n) is 4.53. The summed E-state index contributed by atoms with van der Waals surface area (Å²) in [6.07, 6.45) is 6.06. The lowest BCUT2D eigenvalue weighted by Gasteiger charge is -2.32. The highest BCUT2D eigenvalue weighted by molar-refractivity contribution is 5.70. The van der Waals surface area contributed by atoms with Crippen LogP contribution in [0.2, 0.25) is 0 Å². The summed E-state index contributed by atoms with van der Waals surface area (Å²) < 4.78 is 5.61. The summed E-state index contributed by atoms with van der Waals surface area (Å²) in [5.41, 5.74) is 1.12. The van der Waals surface area contributed by atoms with Gasteiger partial charge in [0.1, 0.15) is 6.10 Å². The number of benzene rings is 1. The number of carbonyl (C=O) groups is 1. The maximum Gasteiger partial charge on any atom is 0.410 e. The molecule has 0 radical (unpaired) electrons. The molecule has 0 bridgehead atoms. The van der Waals surface area contributed by atoms with Gasteiger partial charge in [0.05, 0.1) is 6.04 Å². The Kier molecular flexibility index (Phi) is 3.45. The highest BCUT2D eigenvalue weighted by atomic mass is 16.6. The number of cyclic esters (lactones) is 1. The molecule has 1 aromatic rings. The summed E-state index contributed by atoms with van der Waals surface area (Å²) in [6, 6.07) is 10.4. The Labute approximate surface area is 114 Å². The number of rotatable bonds is 2. The lowest BCUT2D eigenvalue weighted by Crippen LogP contribution is -2.38. The maximum atomic E-state index is 11.9. The predicted molar refractivity (Wildman–Crippen MR) is 73.8 cm³/mol. The van der Waals surface area contributed by atoms with Gasteiger partial charge in [-0.15, -0.1) is 0 Å². The van der Waals surface area contributed by atoms with Gasteiger partial charge in [-0.3, -0.25) is 0 Å². The van der Waals surface area contributed by atoms with E-state index < -0.39 is 0 Å². The van der Waals surface area contributed by atoms with Gasteiger partial charge in [0.15, 0.2) is 0 Å². The summed E-state index contributed by atoms with van der Waals surface area (Å²) in [5, 5.41) is 0. The van der Waals surface area contributed by atoms with Crippen molar-refractivity contribution >= 4 is 6.09 Å². The minimum atomic E-state index is -0.176. The number of carbonyl (C=O) groups excluding carboxylic acids is 1. The van der Waals surface area contributed by atoms with Crippen LogP contribution in [-0.4, -0.2) is 24.1 Å². The Morgan fingerprint density at radius 3 is 2.47 bits per heavy atom. The number of amides is 1. The first-order valence-electron chi connectivity index (χ1n) is 7.26. The third-order valence-corrected chi connectivity index (χ3v) is 4.53. The molecule has 2 aliphatic rings. The van der Waals surface area contributed by atoms with Gasteiger partial charge in [-0.2, -0.15) is 0 Å². The third kappa shape index (κ3) is 2.34. The molecule has 3 nitrogen and oxygen atoms in total. The van der Waals surface area contributed by atoms with Gasteiger partial charge >= 0.3 is 6.09 Å². The molecule has 1 amide bonds. The molecule has 2 fully saturated rings. The average molecular weight is 259 g/mol. The van der Waals surface area contributed by atoms with E-state index in [9.17, 15) is 4.79 Å². The number of nitrogens with zero attached hydrogens (tertiary/aromatic N) is 1. The molecule has 1 saturated carbocycles. The Hall–Kier alpha value is -1.51. The molecule has 0 aromatic heterocycles. The van der Waals surface area contributed by atoms with Gasteiger partial charge in [-0.05, 0) is 24.3 Å². The summed E-state index contributed by atoms with van der Waals surface area (Å²) >= 11 is 0. The summed E-state index contributed by atoms with van der Waals surface area (Å²) in [4.78, 5) is 13.7. The van der Waals surface area contributed by atoms with E-state index in [1.165, 1.54) is 32.1 Å². The Morgan fingerprint density at radius 1 is 1.11 bits per heavy atom. The van der Waals surface area contributed by atoms with Crippen molar-refractivity contribution in [3.05, 3.63) is 35.9 Å². The predicted octanol–water partition coefficient (Wildman–Crippen LogP) is 3.76. The molecule has 1 heterocycles. The lowest BCUT2D eigenvalue weighted by atomic mass is 9.80. The normalized spacial score (nSPS) is 28.5. The van der Waals surface area contributed by atoms with Crippen LogP contribution in [-0.2, 0) is 4.74 Å². The summed E-state index contributed by atoms with van der Waals surface area (Å²) in [5.74, 6) is 0.579. The molecular weight excluding hydrogens is 238 g/mol. The van der Waals surface area contributed by atoms with Gasteiger partial charge in [-0.1, -0.05) is 49.6 Å². The summed E-state index contributed by atoms with van der Waals surface area (Å²) in [6.45, 7) is 0. The Balaban J connectivity index is 1.87. The molecule has 2 unspecified atom stereocenters. The molecule has 3 heteroatoms. The van der Waals surface area contributed by atoms with Crippen LogP contribution in [0.1, 0.15) is 43.8 Å². The number of likely N-dealkylation sites (N-methyl/N-ethyl adjacent to an activating group) is 1. The molecule has 1 aromatic carbocycles. The zero-order valence-electron chi connectivity index (χ0n) is 11.4. The first kappa shape index (κ1) is 12.5. The zero-order valence-corrected chi connectivity index (χ0v) is 11.4. The summed E-state index contributed by atoms with van der Waals surface area (Å²) in [7, 11) is 1.88. The molecule has 1 saturated heterocycles. The fraction of sp³-hybridized carbons (Fsp3) is 0.562. The fourth-order valence-corrected chi connectivity index (χ4v) is 3.53. The van der Waals surface area contributed by atoms with E-state index in [-0.39, 0.29) is 18.2 Å². The van der Waals surface area contributed by atoms with Crippen molar-refractivity contribution in [2.24, 2.45) is 5.92 Å². The largest absolute Gasteiger partial charge is 0.439 e. The van der Waals surface area contributed by atoms with Crippen molar-refractivity contribution in [2.45, 2.75) is 44.2 Å². The van der Waals surface area contributed by atoms with Crippen molar-refractivity contribution in [3.63, 3.8) is 0 Å². The second-order valence-corrected chi connectivity index (χ2v) is 5.71. The van der Waals surface area contributed by atoms with Gasteiger partial charge in [0.25, 0.3) is 0 Å². The molecular formula is C16H21NO2. The second-order valence-electron chi connectivity index (χ2n) is 5.71. The minimum Gasteiger partial charge on any atom is -0.439 e. The molecule has 2 atom stereocenters. The highest BCUT2D eigenvalue weighted by Gasteiger charge is 2.44. The topological polar surface area (TPSA) is 29.5 Å². The van der Waals surface area contributed by atoms with Crippen LogP contribution in [0, 0.1) is 5.92 Å². The molecule has 1 aliphatic heterocycles. The highest BCUT2D eigenvalue weighted by Crippen LogP contribution is 2.40. The van der Waals surface area contributed by atoms with Crippen molar-refractivity contribution in [1.29, 1.82) is 0 Å². The molecule has 0 N–H and O–H groups in total. The first-order valence-corrected chi connectivity index (χ1v) is 7.26. The molecule has 3 rings (SSSR count). The van der Waals surface area contributed by atoms with Crippen LogP contribution in [0.15, 0.2) is 30.3 Å². The van der Waals surface area contributed by atoms with Crippen LogP contribution >= 0.6 is 0 Å². The molecule has 19 heavy (non-hydrogen) atoms. The smallest absolute Gasteiger partial charge is 0.410 e. The number of ether oxygens (including phenoxy) is 1. The van der Waals surface area contributed by atoms with Crippen molar-refractivity contribution < 1.29 is 9.53 Å². The SMILES string of the molecule is CN1C(=O)OC(c2ccccc2)C1C1CCCCC1. The van der Waals surface area contributed by atoms with E-state index in [0.29, 0.717) is 5.92 Å². The molecule has 0 spiro atoms. The van der Waals surface area contributed by atoms with E-state index in [4.69, 9.17) is 4.74 Å². The Bertz CT molecular complexity index is 439. The van der Waals surface area contributed by atoms with Gasteiger partial charge in [-0.25, -0.2) is 4.79 Å². The standard InChI is InChI=1S/C16H21NO2/c1-17-14(12-8-4-2-5-9-12)15(19-16(17)18)13-10-6-3-7-11-13/h3,6-7,10-12,14-15H,2,4-5,8-9H2,1H3. The fourth-order valence-electron chi connectivity index (χ4n) is 3.53. The van der Waals surface area contributed by atoms with E-state index in [1.807, 2.05) is 30.1 Å². The van der Waals surface area contributed by atoms with Gasteiger partial charge < -0.3 is 9.64 Å². The van der Waals surface area contributed by atoms with Crippen LogP contribution in [0.5, 0.6) is 0 Å². The van der Waals surface area contributed by atoms with Crippen LogP contribution in [0.3, 0.4) is 0 Å². The molecule has 102 valence electrons. The first-order chi connectivity index (χ1) is 9.27. The van der Waals surface area contributed by atoms with Gasteiger partial charge in [0, 0.05) is 7.05 Å².